The molecular formula is C7H11BrN4O. The Bertz CT molecular complexity index is 295. The largest absolute Gasteiger partial charge is 0.376 e. The monoisotopic (exact) mass is 246 g/mol. The van der Waals surface area contributed by atoms with Gasteiger partial charge >= 0.3 is 0 Å². The van der Waals surface area contributed by atoms with E-state index >= 15 is 0 Å². The lowest BCUT2D eigenvalue weighted by molar-refractivity contribution is 0.0933. The van der Waals surface area contributed by atoms with Crippen LogP contribution in [0.2, 0.25) is 0 Å². The standard InChI is InChI=1S/C7H11BrN4O/c8-6-10-7(9)11-12(6)4-5-2-1-3-13-5/h5H,1-4H2,(H2,9,11)/t5-/m1/s1. The van der Waals surface area contributed by atoms with Crippen LogP contribution in [0.1, 0.15) is 12.8 Å². The molecule has 0 spiro atoms. The van der Waals surface area contributed by atoms with Crippen molar-refractivity contribution in [1.29, 1.82) is 0 Å². The van der Waals surface area contributed by atoms with E-state index in [0.717, 1.165) is 26.0 Å². The van der Waals surface area contributed by atoms with Crippen LogP contribution < -0.4 is 5.73 Å². The van der Waals surface area contributed by atoms with Crippen LogP contribution in [0.15, 0.2) is 4.73 Å². The van der Waals surface area contributed by atoms with Gasteiger partial charge in [0.15, 0.2) is 4.73 Å². The zero-order valence-electron chi connectivity index (χ0n) is 7.11. The summed E-state index contributed by atoms with van der Waals surface area (Å²) in [6.07, 6.45) is 2.48. The molecule has 1 fully saturated rings. The molecule has 0 aliphatic carbocycles. The second-order valence-corrected chi connectivity index (χ2v) is 3.77. The average Bonchev–Trinajstić information content (AvgIpc) is 2.63. The first-order chi connectivity index (χ1) is 6.25. The molecule has 1 aromatic heterocycles. The van der Waals surface area contributed by atoms with Crippen molar-refractivity contribution in [2.75, 3.05) is 12.3 Å². The van der Waals surface area contributed by atoms with Crippen molar-refractivity contribution < 1.29 is 4.74 Å². The molecule has 0 aromatic carbocycles. The van der Waals surface area contributed by atoms with Crippen LogP contribution in [0.3, 0.4) is 0 Å². The number of nitrogen functional groups attached to an aromatic ring is 1. The van der Waals surface area contributed by atoms with E-state index in [9.17, 15) is 0 Å². The van der Waals surface area contributed by atoms with Gasteiger partial charge in [0.25, 0.3) is 0 Å². The lowest BCUT2D eigenvalue weighted by Gasteiger charge is -2.08. The smallest absolute Gasteiger partial charge is 0.240 e. The zero-order chi connectivity index (χ0) is 9.26. The van der Waals surface area contributed by atoms with Crippen molar-refractivity contribution in [2.24, 2.45) is 0 Å². The van der Waals surface area contributed by atoms with Crippen LogP contribution in [-0.4, -0.2) is 27.5 Å². The summed E-state index contributed by atoms with van der Waals surface area (Å²) in [7, 11) is 0. The van der Waals surface area contributed by atoms with Gasteiger partial charge in [-0.25, -0.2) is 4.68 Å². The number of anilines is 1. The molecule has 1 aliphatic rings. The maximum atomic E-state index is 5.47. The Hall–Kier alpha value is -0.620. The molecule has 1 aliphatic heterocycles. The summed E-state index contributed by atoms with van der Waals surface area (Å²) in [4.78, 5) is 3.94. The quantitative estimate of drug-likeness (QED) is 0.839. The van der Waals surface area contributed by atoms with Gasteiger partial charge in [0.1, 0.15) is 0 Å². The Morgan fingerprint density at radius 1 is 1.69 bits per heavy atom. The Labute approximate surface area is 84.4 Å². The molecule has 1 saturated heterocycles. The SMILES string of the molecule is Nc1nc(Br)n(C[C@H]2CCCO2)n1. The maximum absolute atomic E-state index is 5.47. The van der Waals surface area contributed by atoms with Gasteiger partial charge in [-0.2, -0.15) is 4.98 Å². The minimum atomic E-state index is 0.261. The highest BCUT2D eigenvalue weighted by atomic mass is 79.9. The summed E-state index contributed by atoms with van der Waals surface area (Å²) in [6, 6.07) is 0. The van der Waals surface area contributed by atoms with E-state index in [0.29, 0.717) is 10.7 Å². The van der Waals surface area contributed by atoms with Crippen molar-refractivity contribution in [1.82, 2.24) is 14.8 Å². The predicted molar refractivity (Wildman–Crippen MR) is 51.1 cm³/mol. The molecule has 2 N–H and O–H groups in total. The van der Waals surface area contributed by atoms with Gasteiger partial charge in [-0.1, -0.05) is 0 Å². The lowest BCUT2D eigenvalue weighted by atomic mass is 10.2. The molecular weight excluding hydrogens is 236 g/mol. The van der Waals surface area contributed by atoms with Crippen molar-refractivity contribution >= 4 is 21.9 Å². The summed E-state index contributed by atoms with van der Waals surface area (Å²) in [6.45, 7) is 1.58. The number of rotatable bonds is 2. The Morgan fingerprint density at radius 2 is 2.54 bits per heavy atom. The molecule has 5 nitrogen and oxygen atoms in total. The number of nitrogens with two attached hydrogens (primary N) is 1. The van der Waals surface area contributed by atoms with E-state index < -0.39 is 0 Å². The first-order valence-electron chi connectivity index (χ1n) is 4.23. The summed E-state index contributed by atoms with van der Waals surface area (Å²) in [5.41, 5.74) is 5.44. The number of hydrogen-bond donors (Lipinski definition) is 1. The molecule has 0 bridgehead atoms. The highest BCUT2D eigenvalue weighted by Crippen LogP contribution is 2.16. The highest BCUT2D eigenvalue weighted by molar-refractivity contribution is 9.10. The van der Waals surface area contributed by atoms with Gasteiger partial charge in [0.2, 0.25) is 5.95 Å². The zero-order valence-corrected chi connectivity index (χ0v) is 8.70. The van der Waals surface area contributed by atoms with Crippen LogP contribution in [0, 0.1) is 0 Å². The minimum absolute atomic E-state index is 0.261. The third-order valence-electron chi connectivity index (χ3n) is 2.04. The molecule has 13 heavy (non-hydrogen) atoms. The number of ether oxygens (including phenoxy) is 1. The lowest BCUT2D eigenvalue weighted by Crippen LogP contribution is -2.16. The fourth-order valence-corrected chi connectivity index (χ4v) is 1.84. The van der Waals surface area contributed by atoms with Gasteiger partial charge in [0.05, 0.1) is 12.6 Å². The molecule has 6 heteroatoms. The van der Waals surface area contributed by atoms with Crippen LogP contribution >= 0.6 is 15.9 Å². The van der Waals surface area contributed by atoms with E-state index in [1.807, 2.05) is 0 Å². The third-order valence-corrected chi connectivity index (χ3v) is 2.63. The Kier molecular flexibility index (Phi) is 2.50. The summed E-state index contributed by atoms with van der Waals surface area (Å²) in [5.74, 6) is 0.296. The van der Waals surface area contributed by atoms with Gasteiger partial charge < -0.3 is 10.5 Å². The topological polar surface area (TPSA) is 66.0 Å². The molecule has 1 atom stereocenters. The van der Waals surface area contributed by atoms with Crippen LogP contribution in [0.5, 0.6) is 0 Å². The Balaban J connectivity index is 2.03. The predicted octanol–water partition coefficient (Wildman–Crippen LogP) is 0.802. The molecule has 0 unspecified atom stereocenters. The number of aromatic nitrogens is 3. The van der Waals surface area contributed by atoms with Crippen molar-refractivity contribution in [3.8, 4) is 0 Å². The highest BCUT2D eigenvalue weighted by Gasteiger charge is 2.18. The van der Waals surface area contributed by atoms with Crippen LogP contribution in [0.25, 0.3) is 0 Å². The summed E-state index contributed by atoms with van der Waals surface area (Å²) in [5, 5.41) is 4.03. The molecule has 2 rings (SSSR count). The van der Waals surface area contributed by atoms with E-state index in [2.05, 4.69) is 26.0 Å². The van der Waals surface area contributed by atoms with Crippen LogP contribution in [-0.2, 0) is 11.3 Å². The molecule has 0 saturated carbocycles. The number of halogens is 1. The Morgan fingerprint density at radius 3 is 3.08 bits per heavy atom. The van der Waals surface area contributed by atoms with E-state index in [-0.39, 0.29) is 6.10 Å². The second kappa shape index (κ2) is 3.63. The normalized spacial score (nSPS) is 22.4. The third kappa shape index (κ3) is 2.00. The average molecular weight is 247 g/mol. The number of hydrogen-bond acceptors (Lipinski definition) is 4. The van der Waals surface area contributed by atoms with Gasteiger partial charge in [-0.15, -0.1) is 5.10 Å². The van der Waals surface area contributed by atoms with E-state index in [1.54, 1.807) is 4.68 Å². The molecule has 0 radical (unpaired) electrons. The van der Waals surface area contributed by atoms with Crippen molar-refractivity contribution in [3.05, 3.63) is 4.73 Å². The molecule has 2 heterocycles. The number of nitrogens with zero attached hydrogens (tertiary/aromatic N) is 3. The summed E-state index contributed by atoms with van der Waals surface area (Å²) >= 11 is 3.28. The van der Waals surface area contributed by atoms with E-state index in [4.69, 9.17) is 10.5 Å². The van der Waals surface area contributed by atoms with Gasteiger partial charge in [0, 0.05) is 6.61 Å². The summed E-state index contributed by atoms with van der Waals surface area (Å²) < 4.78 is 7.87. The van der Waals surface area contributed by atoms with Crippen LogP contribution in [0.4, 0.5) is 5.95 Å². The fraction of sp³-hybridized carbons (Fsp3) is 0.714. The molecule has 0 amide bonds. The van der Waals surface area contributed by atoms with Gasteiger partial charge in [-0.05, 0) is 28.8 Å². The minimum Gasteiger partial charge on any atom is -0.376 e. The van der Waals surface area contributed by atoms with Gasteiger partial charge in [-0.3, -0.25) is 0 Å². The second-order valence-electron chi connectivity index (χ2n) is 3.06. The van der Waals surface area contributed by atoms with Crippen molar-refractivity contribution in [3.63, 3.8) is 0 Å². The first-order valence-corrected chi connectivity index (χ1v) is 5.02. The van der Waals surface area contributed by atoms with E-state index in [1.165, 1.54) is 0 Å². The maximum Gasteiger partial charge on any atom is 0.240 e. The fourth-order valence-electron chi connectivity index (χ4n) is 1.44. The molecule has 1 aromatic rings. The first kappa shape index (κ1) is 8.96. The molecule has 72 valence electrons. The van der Waals surface area contributed by atoms with Crippen molar-refractivity contribution in [2.45, 2.75) is 25.5 Å².